The number of halogens is 1. The SMILES string of the molecule is CNC(C)c1ncc(Br)c(=O)[nH]1. The molecule has 0 aliphatic rings. The van der Waals surface area contributed by atoms with Gasteiger partial charge >= 0.3 is 0 Å². The largest absolute Gasteiger partial charge is 0.311 e. The minimum atomic E-state index is -0.151. The molecule has 0 saturated carbocycles. The summed E-state index contributed by atoms with van der Waals surface area (Å²) < 4.78 is 0.453. The van der Waals surface area contributed by atoms with Crippen molar-refractivity contribution in [3.8, 4) is 0 Å². The van der Waals surface area contributed by atoms with Gasteiger partial charge in [0.15, 0.2) is 0 Å². The number of nitrogens with zero attached hydrogens (tertiary/aromatic N) is 1. The Hall–Kier alpha value is -0.680. The van der Waals surface area contributed by atoms with Crippen LogP contribution in [0.25, 0.3) is 0 Å². The minimum Gasteiger partial charge on any atom is -0.311 e. The van der Waals surface area contributed by atoms with Crippen molar-refractivity contribution in [3.05, 3.63) is 26.8 Å². The molecule has 1 atom stereocenters. The molecule has 0 aliphatic heterocycles. The Morgan fingerprint density at radius 2 is 2.42 bits per heavy atom. The van der Waals surface area contributed by atoms with Crippen molar-refractivity contribution in [2.75, 3.05) is 7.05 Å². The van der Waals surface area contributed by atoms with Gasteiger partial charge in [-0.25, -0.2) is 4.98 Å². The van der Waals surface area contributed by atoms with E-state index >= 15 is 0 Å². The van der Waals surface area contributed by atoms with Crippen LogP contribution in [0, 0.1) is 0 Å². The van der Waals surface area contributed by atoms with Crippen molar-refractivity contribution in [3.63, 3.8) is 0 Å². The van der Waals surface area contributed by atoms with E-state index in [4.69, 9.17) is 0 Å². The number of rotatable bonds is 2. The fraction of sp³-hybridized carbons (Fsp3) is 0.429. The second-order valence-corrected chi connectivity index (χ2v) is 3.31. The van der Waals surface area contributed by atoms with E-state index < -0.39 is 0 Å². The second kappa shape index (κ2) is 3.82. The molecule has 1 rings (SSSR count). The molecule has 5 heteroatoms. The van der Waals surface area contributed by atoms with Crippen LogP contribution in [0.5, 0.6) is 0 Å². The van der Waals surface area contributed by atoms with E-state index in [1.165, 1.54) is 6.20 Å². The molecule has 4 nitrogen and oxygen atoms in total. The summed E-state index contributed by atoms with van der Waals surface area (Å²) in [6.45, 7) is 1.92. The van der Waals surface area contributed by atoms with E-state index in [0.717, 1.165) is 0 Å². The van der Waals surface area contributed by atoms with Crippen LogP contribution in [0.15, 0.2) is 15.5 Å². The minimum absolute atomic E-state index is 0.0609. The van der Waals surface area contributed by atoms with Crippen LogP contribution >= 0.6 is 15.9 Å². The monoisotopic (exact) mass is 231 g/mol. The maximum Gasteiger partial charge on any atom is 0.265 e. The van der Waals surface area contributed by atoms with E-state index in [1.807, 2.05) is 14.0 Å². The van der Waals surface area contributed by atoms with E-state index in [1.54, 1.807) is 0 Å². The first kappa shape index (κ1) is 9.41. The quantitative estimate of drug-likeness (QED) is 0.793. The van der Waals surface area contributed by atoms with Gasteiger partial charge in [0.25, 0.3) is 5.56 Å². The molecule has 1 unspecified atom stereocenters. The van der Waals surface area contributed by atoms with Crippen LogP contribution < -0.4 is 10.9 Å². The van der Waals surface area contributed by atoms with E-state index in [2.05, 4.69) is 31.2 Å². The van der Waals surface area contributed by atoms with Crippen LogP contribution in [-0.2, 0) is 0 Å². The summed E-state index contributed by atoms with van der Waals surface area (Å²) in [7, 11) is 1.81. The van der Waals surface area contributed by atoms with E-state index in [0.29, 0.717) is 10.3 Å². The highest BCUT2D eigenvalue weighted by molar-refractivity contribution is 9.10. The number of H-pyrrole nitrogens is 1. The molecule has 1 aromatic heterocycles. The van der Waals surface area contributed by atoms with Crippen LogP contribution in [0.4, 0.5) is 0 Å². The third kappa shape index (κ3) is 1.92. The normalized spacial score (nSPS) is 12.9. The van der Waals surface area contributed by atoms with Gasteiger partial charge in [-0.15, -0.1) is 0 Å². The lowest BCUT2D eigenvalue weighted by Crippen LogP contribution is -2.20. The Balaban J connectivity index is 3.05. The molecular formula is C7H10BrN3O. The lowest BCUT2D eigenvalue weighted by atomic mass is 10.3. The molecule has 0 spiro atoms. The third-order valence-electron chi connectivity index (χ3n) is 1.62. The van der Waals surface area contributed by atoms with Gasteiger partial charge in [-0.2, -0.15) is 0 Å². The molecule has 12 heavy (non-hydrogen) atoms. The first-order valence-electron chi connectivity index (χ1n) is 3.57. The van der Waals surface area contributed by atoms with Crippen molar-refractivity contribution in [2.45, 2.75) is 13.0 Å². The van der Waals surface area contributed by atoms with Gasteiger partial charge in [-0.3, -0.25) is 4.79 Å². The summed E-state index contributed by atoms with van der Waals surface area (Å²) >= 11 is 3.07. The molecule has 0 fully saturated rings. The predicted octanol–water partition coefficient (Wildman–Crippen LogP) is 0.813. The molecule has 1 heterocycles. The van der Waals surface area contributed by atoms with Crippen LogP contribution in [-0.4, -0.2) is 17.0 Å². The highest BCUT2D eigenvalue weighted by Crippen LogP contribution is 2.04. The Morgan fingerprint density at radius 3 is 2.92 bits per heavy atom. The number of hydrogen-bond acceptors (Lipinski definition) is 3. The molecular weight excluding hydrogens is 222 g/mol. The number of aromatic nitrogens is 2. The Bertz CT molecular complexity index is 323. The third-order valence-corrected chi connectivity index (χ3v) is 2.18. The molecule has 0 saturated heterocycles. The molecule has 66 valence electrons. The van der Waals surface area contributed by atoms with Gasteiger partial charge < -0.3 is 10.3 Å². The number of hydrogen-bond donors (Lipinski definition) is 2. The summed E-state index contributed by atoms with van der Waals surface area (Å²) in [5, 5.41) is 2.98. The summed E-state index contributed by atoms with van der Waals surface area (Å²) in [5.41, 5.74) is -0.151. The Labute approximate surface area is 78.5 Å². The maximum atomic E-state index is 11.1. The molecule has 1 aromatic rings. The summed E-state index contributed by atoms with van der Waals surface area (Å²) in [6, 6.07) is 0.0609. The molecule has 2 N–H and O–H groups in total. The fourth-order valence-corrected chi connectivity index (χ4v) is 0.951. The van der Waals surface area contributed by atoms with Crippen LogP contribution in [0.1, 0.15) is 18.8 Å². The average molecular weight is 232 g/mol. The van der Waals surface area contributed by atoms with Crippen molar-refractivity contribution >= 4 is 15.9 Å². The highest BCUT2D eigenvalue weighted by Gasteiger charge is 2.05. The predicted molar refractivity (Wildman–Crippen MR) is 50.0 cm³/mol. The van der Waals surface area contributed by atoms with Gasteiger partial charge in [0.1, 0.15) is 10.3 Å². The second-order valence-electron chi connectivity index (χ2n) is 2.46. The molecule has 0 bridgehead atoms. The first-order valence-corrected chi connectivity index (χ1v) is 4.36. The van der Waals surface area contributed by atoms with E-state index in [-0.39, 0.29) is 11.6 Å². The summed E-state index contributed by atoms with van der Waals surface area (Å²) in [5.74, 6) is 0.644. The van der Waals surface area contributed by atoms with Crippen LogP contribution in [0.2, 0.25) is 0 Å². The van der Waals surface area contributed by atoms with Crippen molar-refractivity contribution < 1.29 is 0 Å². The smallest absolute Gasteiger partial charge is 0.265 e. The van der Waals surface area contributed by atoms with Crippen molar-refractivity contribution in [1.29, 1.82) is 0 Å². The summed E-state index contributed by atoms with van der Waals surface area (Å²) in [6.07, 6.45) is 1.50. The van der Waals surface area contributed by atoms with Crippen molar-refractivity contribution in [2.24, 2.45) is 0 Å². The molecule has 0 aromatic carbocycles. The molecule has 0 amide bonds. The number of aromatic amines is 1. The number of nitrogens with one attached hydrogen (secondary N) is 2. The van der Waals surface area contributed by atoms with Gasteiger partial charge in [0.2, 0.25) is 0 Å². The Morgan fingerprint density at radius 1 is 1.75 bits per heavy atom. The van der Waals surface area contributed by atoms with Gasteiger partial charge in [0.05, 0.1) is 6.04 Å². The average Bonchev–Trinajstić information content (AvgIpc) is 2.08. The molecule has 0 aliphatic carbocycles. The topological polar surface area (TPSA) is 57.8 Å². The maximum absolute atomic E-state index is 11.1. The lowest BCUT2D eigenvalue weighted by Gasteiger charge is -2.07. The Kier molecular flexibility index (Phi) is 2.99. The lowest BCUT2D eigenvalue weighted by molar-refractivity contribution is 0.606. The first-order chi connectivity index (χ1) is 5.65. The summed E-state index contributed by atoms with van der Waals surface area (Å²) in [4.78, 5) is 17.8. The zero-order chi connectivity index (χ0) is 9.14. The zero-order valence-corrected chi connectivity index (χ0v) is 8.47. The van der Waals surface area contributed by atoms with Crippen LogP contribution in [0.3, 0.4) is 0 Å². The zero-order valence-electron chi connectivity index (χ0n) is 6.89. The highest BCUT2D eigenvalue weighted by atomic mass is 79.9. The standard InChI is InChI=1S/C7H10BrN3O/c1-4(9-2)6-10-3-5(8)7(12)11-6/h3-4,9H,1-2H3,(H,10,11,12). The van der Waals surface area contributed by atoms with Gasteiger partial charge in [-0.1, -0.05) is 0 Å². The molecule has 0 radical (unpaired) electrons. The van der Waals surface area contributed by atoms with Crippen molar-refractivity contribution in [1.82, 2.24) is 15.3 Å². The van der Waals surface area contributed by atoms with Gasteiger partial charge in [-0.05, 0) is 29.9 Å². The fourth-order valence-electron chi connectivity index (χ4n) is 0.750. The van der Waals surface area contributed by atoms with E-state index in [9.17, 15) is 4.79 Å². The van der Waals surface area contributed by atoms with Gasteiger partial charge in [0, 0.05) is 6.20 Å².